The van der Waals surface area contributed by atoms with E-state index >= 15 is 0 Å². The van der Waals surface area contributed by atoms with Crippen LogP contribution in [0.15, 0.2) is 0 Å². The second-order valence-corrected chi connectivity index (χ2v) is 5.60. The second-order valence-electron chi connectivity index (χ2n) is 5.60. The minimum atomic E-state index is 0.748. The highest BCUT2D eigenvalue weighted by Crippen LogP contribution is 2.30. The van der Waals surface area contributed by atoms with Crippen molar-refractivity contribution in [1.29, 1.82) is 0 Å². The molecule has 2 fully saturated rings. The Morgan fingerprint density at radius 1 is 1.33 bits per heavy atom. The summed E-state index contributed by atoms with van der Waals surface area (Å²) in [5, 5.41) is 3.59. The van der Waals surface area contributed by atoms with Crippen LogP contribution in [0.1, 0.15) is 39.5 Å². The van der Waals surface area contributed by atoms with Crippen LogP contribution in [0.4, 0.5) is 0 Å². The average molecular weight is 210 g/mol. The maximum absolute atomic E-state index is 3.59. The molecule has 1 N–H and O–H groups in total. The molecule has 2 rings (SSSR count). The molecule has 15 heavy (non-hydrogen) atoms. The number of nitrogens with zero attached hydrogens (tertiary/aromatic N) is 1. The van der Waals surface area contributed by atoms with Crippen molar-refractivity contribution in [2.45, 2.75) is 45.6 Å². The first-order valence-electron chi connectivity index (χ1n) is 6.73. The van der Waals surface area contributed by atoms with Crippen LogP contribution in [0.2, 0.25) is 0 Å². The molecule has 0 aromatic heterocycles. The van der Waals surface area contributed by atoms with E-state index < -0.39 is 0 Å². The minimum Gasteiger partial charge on any atom is -0.311 e. The molecule has 0 amide bonds. The number of piperazine rings is 1. The molecule has 0 aromatic rings. The third-order valence-electron chi connectivity index (χ3n) is 4.15. The fourth-order valence-corrected chi connectivity index (χ4v) is 3.19. The Kier molecular flexibility index (Phi) is 4.04. The maximum Gasteiger partial charge on any atom is 0.0192 e. The second kappa shape index (κ2) is 5.31. The minimum absolute atomic E-state index is 0.748. The highest BCUT2D eigenvalue weighted by molar-refractivity contribution is 4.81. The molecule has 2 aliphatic rings. The van der Waals surface area contributed by atoms with E-state index in [2.05, 4.69) is 24.1 Å². The molecule has 0 radical (unpaired) electrons. The lowest BCUT2D eigenvalue weighted by atomic mass is 10.0. The number of hydrogen-bond donors (Lipinski definition) is 1. The SMILES string of the molecule is CCC1CN(CC2CCC(C)C2)CCN1. The molecule has 0 bridgehead atoms. The van der Waals surface area contributed by atoms with Gasteiger partial charge in [0, 0.05) is 32.2 Å². The van der Waals surface area contributed by atoms with E-state index in [0.29, 0.717) is 0 Å². The quantitative estimate of drug-likeness (QED) is 0.767. The molecule has 88 valence electrons. The zero-order valence-electron chi connectivity index (χ0n) is 10.3. The van der Waals surface area contributed by atoms with Gasteiger partial charge in [-0.2, -0.15) is 0 Å². The highest BCUT2D eigenvalue weighted by Gasteiger charge is 2.25. The van der Waals surface area contributed by atoms with Crippen LogP contribution < -0.4 is 5.32 Å². The largest absolute Gasteiger partial charge is 0.311 e. The van der Waals surface area contributed by atoms with Gasteiger partial charge in [0.1, 0.15) is 0 Å². The maximum atomic E-state index is 3.59. The lowest BCUT2D eigenvalue weighted by Crippen LogP contribution is -2.51. The van der Waals surface area contributed by atoms with Gasteiger partial charge in [0.05, 0.1) is 0 Å². The number of rotatable bonds is 3. The molecule has 0 aromatic carbocycles. The normalized spacial score (nSPS) is 38.4. The van der Waals surface area contributed by atoms with Crippen molar-refractivity contribution in [2.75, 3.05) is 26.2 Å². The monoisotopic (exact) mass is 210 g/mol. The summed E-state index contributed by atoms with van der Waals surface area (Å²) < 4.78 is 0. The number of nitrogens with one attached hydrogen (secondary N) is 1. The Labute approximate surface area is 94.4 Å². The summed E-state index contributed by atoms with van der Waals surface area (Å²) in [6.45, 7) is 9.80. The van der Waals surface area contributed by atoms with Crippen LogP contribution in [0.3, 0.4) is 0 Å². The lowest BCUT2D eigenvalue weighted by molar-refractivity contribution is 0.170. The van der Waals surface area contributed by atoms with Gasteiger partial charge < -0.3 is 10.2 Å². The van der Waals surface area contributed by atoms with Gasteiger partial charge in [-0.25, -0.2) is 0 Å². The van der Waals surface area contributed by atoms with Crippen LogP contribution in [0, 0.1) is 11.8 Å². The first kappa shape index (κ1) is 11.4. The summed E-state index contributed by atoms with van der Waals surface area (Å²) in [5.41, 5.74) is 0. The van der Waals surface area contributed by atoms with Gasteiger partial charge in [-0.05, 0) is 31.1 Å². The summed E-state index contributed by atoms with van der Waals surface area (Å²) in [7, 11) is 0. The third kappa shape index (κ3) is 3.18. The molecule has 1 saturated carbocycles. The third-order valence-corrected chi connectivity index (χ3v) is 4.15. The van der Waals surface area contributed by atoms with Crippen molar-refractivity contribution in [3.8, 4) is 0 Å². The molecule has 3 atom stereocenters. The van der Waals surface area contributed by atoms with Gasteiger partial charge in [-0.15, -0.1) is 0 Å². The highest BCUT2D eigenvalue weighted by atomic mass is 15.2. The van der Waals surface area contributed by atoms with E-state index in [1.807, 2.05) is 0 Å². The van der Waals surface area contributed by atoms with Crippen molar-refractivity contribution < 1.29 is 0 Å². The van der Waals surface area contributed by atoms with Crippen LogP contribution in [0.25, 0.3) is 0 Å². The van der Waals surface area contributed by atoms with Crippen molar-refractivity contribution in [3.63, 3.8) is 0 Å². The molecular formula is C13H26N2. The van der Waals surface area contributed by atoms with Gasteiger partial charge in [0.15, 0.2) is 0 Å². The van der Waals surface area contributed by atoms with Crippen molar-refractivity contribution in [1.82, 2.24) is 10.2 Å². The topological polar surface area (TPSA) is 15.3 Å². The average Bonchev–Trinajstić information content (AvgIpc) is 2.64. The van der Waals surface area contributed by atoms with E-state index in [9.17, 15) is 0 Å². The van der Waals surface area contributed by atoms with Gasteiger partial charge in [0.25, 0.3) is 0 Å². The molecule has 0 spiro atoms. The van der Waals surface area contributed by atoms with Crippen LogP contribution >= 0.6 is 0 Å². The predicted molar refractivity (Wildman–Crippen MR) is 65.0 cm³/mol. The first-order valence-corrected chi connectivity index (χ1v) is 6.73. The van der Waals surface area contributed by atoms with Gasteiger partial charge in [-0.1, -0.05) is 20.3 Å². The van der Waals surface area contributed by atoms with E-state index in [1.54, 1.807) is 0 Å². The molecule has 2 heteroatoms. The fourth-order valence-electron chi connectivity index (χ4n) is 3.19. The molecule has 1 heterocycles. The molecule has 3 unspecified atom stereocenters. The number of hydrogen-bond acceptors (Lipinski definition) is 2. The van der Waals surface area contributed by atoms with Crippen LogP contribution in [-0.4, -0.2) is 37.1 Å². The molecule has 2 nitrogen and oxygen atoms in total. The molecule has 1 aliphatic carbocycles. The lowest BCUT2D eigenvalue weighted by Gasteiger charge is -2.34. The van der Waals surface area contributed by atoms with E-state index in [4.69, 9.17) is 0 Å². The molecule has 1 saturated heterocycles. The Hall–Kier alpha value is -0.0800. The van der Waals surface area contributed by atoms with Crippen molar-refractivity contribution in [2.24, 2.45) is 11.8 Å². The van der Waals surface area contributed by atoms with Crippen LogP contribution in [-0.2, 0) is 0 Å². The first-order chi connectivity index (χ1) is 7.28. The Balaban J connectivity index is 1.74. The summed E-state index contributed by atoms with van der Waals surface area (Å²) in [6.07, 6.45) is 5.69. The molecular weight excluding hydrogens is 184 g/mol. The smallest absolute Gasteiger partial charge is 0.0192 e. The zero-order valence-corrected chi connectivity index (χ0v) is 10.3. The summed E-state index contributed by atoms with van der Waals surface area (Å²) >= 11 is 0. The standard InChI is InChI=1S/C13H26N2/c1-3-13-10-15(7-6-14-13)9-12-5-4-11(2)8-12/h11-14H,3-10H2,1-2H3. The Bertz CT molecular complexity index is 193. The Morgan fingerprint density at radius 3 is 2.87 bits per heavy atom. The van der Waals surface area contributed by atoms with E-state index in [-0.39, 0.29) is 0 Å². The predicted octanol–water partition coefficient (Wildman–Crippen LogP) is 2.11. The zero-order chi connectivity index (χ0) is 10.7. The summed E-state index contributed by atoms with van der Waals surface area (Å²) in [6, 6.07) is 0.748. The Morgan fingerprint density at radius 2 is 2.20 bits per heavy atom. The van der Waals surface area contributed by atoms with E-state index in [0.717, 1.165) is 17.9 Å². The summed E-state index contributed by atoms with van der Waals surface area (Å²) in [4.78, 5) is 2.69. The van der Waals surface area contributed by atoms with Gasteiger partial charge in [-0.3, -0.25) is 0 Å². The molecule has 1 aliphatic heterocycles. The van der Waals surface area contributed by atoms with Gasteiger partial charge >= 0.3 is 0 Å². The fraction of sp³-hybridized carbons (Fsp3) is 1.00. The summed E-state index contributed by atoms with van der Waals surface area (Å²) in [5.74, 6) is 1.98. The van der Waals surface area contributed by atoms with Crippen molar-refractivity contribution >= 4 is 0 Å². The van der Waals surface area contributed by atoms with Crippen molar-refractivity contribution in [3.05, 3.63) is 0 Å². The van der Waals surface area contributed by atoms with E-state index in [1.165, 1.54) is 51.9 Å². The van der Waals surface area contributed by atoms with Crippen LogP contribution in [0.5, 0.6) is 0 Å². The van der Waals surface area contributed by atoms with Gasteiger partial charge in [0.2, 0.25) is 0 Å².